The first-order valence-corrected chi connectivity index (χ1v) is 3.11. The van der Waals surface area contributed by atoms with E-state index in [1.165, 1.54) is 0 Å². The minimum absolute atomic E-state index is 0. The van der Waals surface area contributed by atoms with Gasteiger partial charge in [-0.1, -0.05) is 0 Å². The predicted molar refractivity (Wildman–Crippen MR) is 35.0 cm³/mol. The Morgan fingerprint density at radius 2 is 1.27 bits per heavy atom. The van der Waals surface area contributed by atoms with Gasteiger partial charge in [-0.2, -0.15) is 0 Å². The van der Waals surface area contributed by atoms with Crippen LogP contribution in [-0.4, -0.2) is 53.0 Å². The molecule has 1 N–H and O–H groups in total. The second kappa shape index (κ2) is 8.35. The van der Waals surface area contributed by atoms with Crippen molar-refractivity contribution in [2.75, 3.05) is 0 Å². The summed E-state index contributed by atoms with van der Waals surface area (Å²) in [7, 11) is 0. The molecule has 15 heavy (non-hydrogen) atoms. The molecule has 0 fully saturated rings. The first kappa shape index (κ1) is 20.6. The zero-order valence-corrected chi connectivity index (χ0v) is 12.3. The van der Waals surface area contributed by atoms with E-state index in [2.05, 4.69) is 0 Å². The van der Waals surface area contributed by atoms with Crippen molar-refractivity contribution in [1.29, 1.82) is 0 Å². The monoisotopic (exact) mass is 333 g/mol. The number of carboxylic acids is 3. The molecular formula is C6H5NaO7Sb+. The van der Waals surface area contributed by atoms with Crippen molar-refractivity contribution in [3.8, 4) is 0 Å². The molecular weight excluding hydrogens is 329 g/mol. The van der Waals surface area contributed by atoms with Gasteiger partial charge in [0.05, 0.1) is 5.97 Å². The van der Waals surface area contributed by atoms with Gasteiger partial charge in [0.15, 0.2) is 0 Å². The van der Waals surface area contributed by atoms with Crippen LogP contribution in [0, 0.1) is 0 Å². The summed E-state index contributed by atoms with van der Waals surface area (Å²) in [5.41, 5.74) is -2.97. The Morgan fingerprint density at radius 1 is 1.00 bits per heavy atom. The average Bonchev–Trinajstić information content (AvgIpc) is 1.82. The summed E-state index contributed by atoms with van der Waals surface area (Å²) >= 11 is 0. The van der Waals surface area contributed by atoms with E-state index in [0.29, 0.717) is 0 Å². The smallest absolute Gasteiger partial charge is 0.550 e. The second-order valence-corrected chi connectivity index (χ2v) is 2.42. The maximum atomic E-state index is 10.1. The molecule has 0 aromatic carbocycles. The normalized spacial score (nSPS) is 9.40. The number of hydrogen-bond acceptors (Lipinski definition) is 7. The van der Waals surface area contributed by atoms with E-state index in [1.54, 1.807) is 0 Å². The van der Waals surface area contributed by atoms with Gasteiger partial charge in [-0.05, 0) is 0 Å². The molecule has 0 atom stereocenters. The molecule has 0 aliphatic rings. The Morgan fingerprint density at radius 3 is 1.40 bits per heavy atom. The molecule has 0 unspecified atom stereocenters. The number of hydrogen-bond donors (Lipinski definition) is 1. The summed E-state index contributed by atoms with van der Waals surface area (Å²) in [5.74, 6) is -5.98. The third-order valence-electron chi connectivity index (χ3n) is 1.25. The Bertz CT molecular complexity index is 238. The van der Waals surface area contributed by atoms with Crippen LogP contribution in [0.4, 0.5) is 0 Å². The molecule has 76 valence electrons. The van der Waals surface area contributed by atoms with Crippen LogP contribution < -0.4 is 44.9 Å². The molecule has 0 saturated carbocycles. The standard InChI is InChI=1S/C6H8O7.Na.Sb/c7-3(8)1-6(13,5(11)12)2-4(9)10;;/h13H,1-2H2,(H,7,8)(H,9,10)(H,11,12);;/q;+1;+3/p-3. The van der Waals surface area contributed by atoms with Crippen LogP contribution in [0.2, 0.25) is 0 Å². The third kappa shape index (κ3) is 8.04. The Balaban J connectivity index is -0.000000720. The number of carbonyl (C=O) groups excluding carboxylic acids is 3. The van der Waals surface area contributed by atoms with Gasteiger partial charge in [0.25, 0.3) is 0 Å². The van der Waals surface area contributed by atoms with Crippen LogP contribution >= 0.6 is 0 Å². The first-order chi connectivity index (χ1) is 5.78. The van der Waals surface area contributed by atoms with E-state index in [9.17, 15) is 29.7 Å². The van der Waals surface area contributed by atoms with Crippen molar-refractivity contribution < 1.29 is 64.4 Å². The quantitative estimate of drug-likeness (QED) is 0.492. The van der Waals surface area contributed by atoms with Gasteiger partial charge in [-0.3, -0.25) is 0 Å². The van der Waals surface area contributed by atoms with Crippen molar-refractivity contribution >= 4 is 42.3 Å². The molecule has 0 aliphatic heterocycles. The molecule has 7 nitrogen and oxygen atoms in total. The predicted octanol–water partition coefficient (Wildman–Crippen LogP) is -8.63. The summed E-state index contributed by atoms with van der Waals surface area (Å²) in [6, 6.07) is 0. The summed E-state index contributed by atoms with van der Waals surface area (Å²) in [6.07, 6.45) is -2.72. The SMILES string of the molecule is O=C([O-])CC(O)(CC(=O)[O-])C(=O)[O-].[Na+].[Sb+3]. The topological polar surface area (TPSA) is 141 Å². The number of carbonyl (C=O) groups is 3. The molecule has 0 aliphatic carbocycles. The van der Waals surface area contributed by atoms with Crippen molar-refractivity contribution in [3.05, 3.63) is 0 Å². The molecule has 2 radical (unpaired) electrons. The largest absolute Gasteiger partial charge is 3.00 e. The van der Waals surface area contributed by atoms with E-state index in [0.717, 1.165) is 0 Å². The Labute approximate surface area is 124 Å². The van der Waals surface area contributed by atoms with Crippen LogP contribution in [0.1, 0.15) is 12.8 Å². The molecule has 0 aromatic rings. The zero-order chi connectivity index (χ0) is 10.6. The van der Waals surface area contributed by atoms with Gasteiger partial charge in [0.1, 0.15) is 5.60 Å². The molecule has 0 amide bonds. The summed E-state index contributed by atoms with van der Waals surface area (Å²) in [4.78, 5) is 30.0. The summed E-state index contributed by atoms with van der Waals surface area (Å²) < 4.78 is 0. The Hall–Kier alpha value is 0.188. The first-order valence-electron chi connectivity index (χ1n) is 3.11. The fourth-order valence-corrected chi connectivity index (χ4v) is 0.684. The van der Waals surface area contributed by atoms with Crippen LogP contribution in [0.25, 0.3) is 0 Å². The van der Waals surface area contributed by atoms with Gasteiger partial charge in [-0.15, -0.1) is 0 Å². The van der Waals surface area contributed by atoms with Crippen molar-refractivity contribution in [2.24, 2.45) is 0 Å². The van der Waals surface area contributed by atoms with Crippen molar-refractivity contribution in [2.45, 2.75) is 18.4 Å². The second-order valence-electron chi connectivity index (χ2n) is 2.42. The van der Waals surface area contributed by atoms with Crippen LogP contribution in [0.5, 0.6) is 0 Å². The minimum Gasteiger partial charge on any atom is -0.550 e. The van der Waals surface area contributed by atoms with E-state index in [-0.39, 0.29) is 54.0 Å². The zero-order valence-electron chi connectivity index (χ0n) is 7.76. The average molecular weight is 334 g/mol. The fourth-order valence-electron chi connectivity index (χ4n) is 0.684. The third-order valence-corrected chi connectivity index (χ3v) is 1.25. The van der Waals surface area contributed by atoms with Crippen LogP contribution in [0.15, 0.2) is 0 Å². The summed E-state index contributed by atoms with van der Waals surface area (Å²) in [6.45, 7) is 0. The molecule has 0 aromatic heterocycles. The van der Waals surface area contributed by atoms with Gasteiger partial charge >= 0.3 is 54.0 Å². The van der Waals surface area contributed by atoms with Crippen LogP contribution in [-0.2, 0) is 14.4 Å². The molecule has 0 saturated heterocycles. The van der Waals surface area contributed by atoms with Gasteiger partial charge in [-0.25, -0.2) is 0 Å². The van der Waals surface area contributed by atoms with Gasteiger partial charge in [0, 0.05) is 24.8 Å². The van der Waals surface area contributed by atoms with Gasteiger partial charge in [0.2, 0.25) is 0 Å². The van der Waals surface area contributed by atoms with Crippen molar-refractivity contribution in [1.82, 2.24) is 0 Å². The van der Waals surface area contributed by atoms with E-state index in [4.69, 9.17) is 5.11 Å². The maximum absolute atomic E-state index is 10.1. The molecule has 0 heterocycles. The van der Waals surface area contributed by atoms with Crippen molar-refractivity contribution in [3.63, 3.8) is 0 Å². The summed E-state index contributed by atoms with van der Waals surface area (Å²) in [5, 5.41) is 38.9. The molecule has 9 heteroatoms. The molecule has 0 bridgehead atoms. The number of aliphatic carboxylic acids is 3. The molecule has 0 rings (SSSR count). The van der Waals surface area contributed by atoms with Crippen LogP contribution in [0.3, 0.4) is 0 Å². The van der Waals surface area contributed by atoms with E-state index >= 15 is 0 Å². The minimum atomic E-state index is -2.97. The number of carboxylic acid groups (broad SMARTS) is 3. The maximum Gasteiger partial charge on any atom is 3.00 e. The molecule has 0 spiro atoms. The van der Waals surface area contributed by atoms with E-state index in [1.807, 2.05) is 0 Å². The van der Waals surface area contributed by atoms with E-state index < -0.39 is 36.4 Å². The van der Waals surface area contributed by atoms with Gasteiger partial charge < -0.3 is 34.8 Å². The number of aliphatic hydroxyl groups is 1. The number of rotatable bonds is 5. The fraction of sp³-hybridized carbons (Fsp3) is 0.500. The Kier molecular flexibility index (Phi) is 11.5.